The minimum absolute atomic E-state index is 0.298. The van der Waals surface area contributed by atoms with Crippen molar-refractivity contribution in [3.63, 3.8) is 0 Å². The summed E-state index contributed by atoms with van der Waals surface area (Å²) in [6, 6.07) is 6.40. The molecule has 1 saturated heterocycles. The average Bonchev–Trinajstić information content (AvgIpc) is 2.63. The van der Waals surface area contributed by atoms with Gasteiger partial charge >= 0.3 is 0 Å². The first-order valence-corrected chi connectivity index (χ1v) is 6.98. The molecule has 1 aromatic rings. The maximum atomic E-state index is 12.2. The summed E-state index contributed by atoms with van der Waals surface area (Å²) in [6.07, 6.45) is 5.13. The predicted octanol–water partition coefficient (Wildman–Crippen LogP) is 2.24. The Bertz CT molecular complexity index is 456. The minimum Gasteiger partial charge on any atom is -0.312 e. The molecule has 0 unspecified atom stereocenters. The van der Waals surface area contributed by atoms with Crippen LogP contribution in [0.2, 0.25) is 0 Å². The van der Waals surface area contributed by atoms with E-state index in [-0.39, 0.29) is 0 Å². The second kappa shape index (κ2) is 5.11. The zero-order valence-corrected chi connectivity index (χ0v) is 10.7. The van der Waals surface area contributed by atoms with Gasteiger partial charge in [-0.05, 0) is 43.0 Å². The Hall–Kier alpha value is -1.35. The van der Waals surface area contributed by atoms with Crippen molar-refractivity contribution < 1.29 is 4.79 Å². The van der Waals surface area contributed by atoms with Crippen LogP contribution in [0.25, 0.3) is 0 Å². The van der Waals surface area contributed by atoms with Crippen LogP contribution in [0.5, 0.6) is 0 Å². The molecule has 0 aliphatic carbocycles. The molecule has 0 atom stereocenters. The SMILES string of the molecule is O=C1CCCCCN1c1cccc2c1CNCC2. The number of hydrogen-bond donors (Lipinski definition) is 1. The lowest BCUT2D eigenvalue weighted by Gasteiger charge is -2.27. The van der Waals surface area contributed by atoms with Crippen molar-refractivity contribution in [1.82, 2.24) is 5.32 Å². The zero-order valence-electron chi connectivity index (χ0n) is 10.7. The number of hydrogen-bond acceptors (Lipinski definition) is 2. The van der Waals surface area contributed by atoms with Gasteiger partial charge in [0.05, 0.1) is 0 Å². The Morgan fingerprint density at radius 1 is 1.11 bits per heavy atom. The molecular formula is C15H20N2O. The molecule has 3 rings (SSSR count). The van der Waals surface area contributed by atoms with Crippen LogP contribution in [0.4, 0.5) is 5.69 Å². The molecule has 0 bridgehead atoms. The number of fused-ring (bicyclic) bond motifs is 1. The first-order chi connectivity index (χ1) is 8.86. The fraction of sp³-hybridized carbons (Fsp3) is 0.533. The number of carbonyl (C=O) groups is 1. The summed E-state index contributed by atoms with van der Waals surface area (Å²) in [7, 11) is 0. The van der Waals surface area contributed by atoms with Crippen molar-refractivity contribution in [2.75, 3.05) is 18.0 Å². The monoisotopic (exact) mass is 244 g/mol. The van der Waals surface area contributed by atoms with E-state index >= 15 is 0 Å². The third-order valence-corrected chi connectivity index (χ3v) is 3.99. The zero-order chi connectivity index (χ0) is 12.4. The number of amides is 1. The highest BCUT2D eigenvalue weighted by Gasteiger charge is 2.22. The molecule has 0 spiro atoms. The Morgan fingerprint density at radius 3 is 3.00 bits per heavy atom. The summed E-state index contributed by atoms with van der Waals surface area (Å²) in [4.78, 5) is 14.2. The molecule has 1 aromatic carbocycles. The van der Waals surface area contributed by atoms with E-state index < -0.39 is 0 Å². The van der Waals surface area contributed by atoms with E-state index in [1.165, 1.54) is 17.5 Å². The molecule has 96 valence electrons. The Kier molecular flexibility index (Phi) is 3.33. The summed E-state index contributed by atoms with van der Waals surface area (Å²) in [5, 5.41) is 3.41. The molecule has 0 aromatic heterocycles. The first kappa shape index (κ1) is 11.7. The molecule has 3 nitrogen and oxygen atoms in total. The number of benzene rings is 1. The number of rotatable bonds is 1. The molecule has 2 aliphatic rings. The predicted molar refractivity (Wildman–Crippen MR) is 72.7 cm³/mol. The Morgan fingerprint density at radius 2 is 2.06 bits per heavy atom. The van der Waals surface area contributed by atoms with E-state index in [1.54, 1.807) is 0 Å². The summed E-state index contributed by atoms with van der Waals surface area (Å²) >= 11 is 0. The number of anilines is 1. The van der Waals surface area contributed by atoms with Crippen LogP contribution in [0.15, 0.2) is 18.2 Å². The van der Waals surface area contributed by atoms with E-state index in [4.69, 9.17) is 0 Å². The maximum Gasteiger partial charge on any atom is 0.226 e. The van der Waals surface area contributed by atoms with Gasteiger partial charge in [0.15, 0.2) is 0 Å². The van der Waals surface area contributed by atoms with Gasteiger partial charge in [0.25, 0.3) is 0 Å². The minimum atomic E-state index is 0.298. The van der Waals surface area contributed by atoms with Gasteiger partial charge in [0, 0.05) is 25.2 Å². The van der Waals surface area contributed by atoms with Crippen LogP contribution in [0.1, 0.15) is 36.8 Å². The van der Waals surface area contributed by atoms with Crippen molar-refractivity contribution in [3.8, 4) is 0 Å². The molecule has 2 aliphatic heterocycles. The largest absolute Gasteiger partial charge is 0.312 e. The smallest absolute Gasteiger partial charge is 0.226 e. The van der Waals surface area contributed by atoms with Gasteiger partial charge in [0.2, 0.25) is 5.91 Å². The van der Waals surface area contributed by atoms with Crippen LogP contribution >= 0.6 is 0 Å². The van der Waals surface area contributed by atoms with Gasteiger partial charge in [-0.2, -0.15) is 0 Å². The topological polar surface area (TPSA) is 32.3 Å². The standard InChI is InChI=1S/C15H20N2O/c18-15-7-2-1-3-10-17(15)14-6-4-5-12-8-9-16-11-13(12)14/h4-6,16H,1-3,7-11H2. The van der Waals surface area contributed by atoms with Gasteiger partial charge in [0.1, 0.15) is 0 Å². The first-order valence-electron chi connectivity index (χ1n) is 6.98. The molecule has 1 N–H and O–H groups in total. The molecular weight excluding hydrogens is 224 g/mol. The highest BCUT2D eigenvalue weighted by Crippen LogP contribution is 2.28. The van der Waals surface area contributed by atoms with Crippen LogP contribution in [0.3, 0.4) is 0 Å². The van der Waals surface area contributed by atoms with Crippen LogP contribution in [-0.4, -0.2) is 19.0 Å². The van der Waals surface area contributed by atoms with Crippen molar-refractivity contribution in [1.29, 1.82) is 0 Å². The third-order valence-electron chi connectivity index (χ3n) is 3.99. The van der Waals surface area contributed by atoms with Gasteiger partial charge in [-0.15, -0.1) is 0 Å². The second-order valence-corrected chi connectivity index (χ2v) is 5.20. The molecule has 18 heavy (non-hydrogen) atoms. The molecule has 1 amide bonds. The van der Waals surface area contributed by atoms with Crippen LogP contribution < -0.4 is 10.2 Å². The molecule has 0 radical (unpaired) electrons. The van der Waals surface area contributed by atoms with Gasteiger partial charge in [-0.3, -0.25) is 4.79 Å². The lowest BCUT2D eigenvalue weighted by molar-refractivity contribution is -0.118. The van der Waals surface area contributed by atoms with E-state index in [1.807, 2.05) is 4.90 Å². The van der Waals surface area contributed by atoms with E-state index in [2.05, 4.69) is 23.5 Å². The average molecular weight is 244 g/mol. The van der Waals surface area contributed by atoms with Crippen molar-refractivity contribution >= 4 is 11.6 Å². The van der Waals surface area contributed by atoms with Crippen molar-refractivity contribution in [2.24, 2.45) is 0 Å². The van der Waals surface area contributed by atoms with Crippen LogP contribution in [0, 0.1) is 0 Å². The lowest BCUT2D eigenvalue weighted by Crippen LogP contribution is -2.33. The van der Waals surface area contributed by atoms with E-state index in [0.717, 1.165) is 44.6 Å². The van der Waals surface area contributed by atoms with Gasteiger partial charge in [-0.25, -0.2) is 0 Å². The maximum absolute atomic E-state index is 12.2. The molecule has 1 fully saturated rings. The summed E-state index contributed by atoms with van der Waals surface area (Å²) < 4.78 is 0. The quantitative estimate of drug-likeness (QED) is 0.821. The Labute approximate surface area is 108 Å². The van der Waals surface area contributed by atoms with Crippen LogP contribution in [-0.2, 0) is 17.8 Å². The normalized spacial score (nSPS) is 20.4. The third kappa shape index (κ3) is 2.15. The highest BCUT2D eigenvalue weighted by molar-refractivity contribution is 5.94. The highest BCUT2D eigenvalue weighted by atomic mass is 16.2. The molecule has 0 saturated carbocycles. The van der Waals surface area contributed by atoms with Crippen molar-refractivity contribution in [3.05, 3.63) is 29.3 Å². The van der Waals surface area contributed by atoms with E-state index in [9.17, 15) is 4.79 Å². The second-order valence-electron chi connectivity index (χ2n) is 5.20. The molecule has 2 heterocycles. The Balaban J connectivity index is 1.97. The fourth-order valence-electron chi connectivity index (χ4n) is 2.99. The lowest BCUT2D eigenvalue weighted by atomic mass is 9.98. The summed E-state index contributed by atoms with van der Waals surface area (Å²) in [5.74, 6) is 0.298. The van der Waals surface area contributed by atoms with Gasteiger partial charge < -0.3 is 10.2 Å². The number of carbonyl (C=O) groups excluding carboxylic acids is 1. The van der Waals surface area contributed by atoms with Crippen molar-refractivity contribution in [2.45, 2.75) is 38.6 Å². The van der Waals surface area contributed by atoms with Gasteiger partial charge in [-0.1, -0.05) is 18.6 Å². The number of nitrogens with zero attached hydrogens (tertiary/aromatic N) is 1. The number of nitrogens with one attached hydrogen (secondary N) is 1. The summed E-state index contributed by atoms with van der Waals surface area (Å²) in [6.45, 7) is 2.83. The molecule has 3 heteroatoms. The summed E-state index contributed by atoms with van der Waals surface area (Å²) in [5.41, 5.74) is 3.88. The van der Waals surface area contributed by atoms with E-state index in [0.29, 0.717) is 12.3 Å². The fourth-order valence-corrected chi connectivity index (χ4v) is 2.99.